The minimum absolute atomic E-state index is 0. The third kappa shape index (κ3) is 3.68. The lowest BCUT2D eigenvalue weighted by atomic mass is 10.1. The molecule has 0 heterocycles. The summed E-state index contributed by atoms with van der Waals surface area (Å²) in [5, 5.41) is 0. The standard InChI is InChI=1S/C9H9F4N.ClH/c10-8-2-1-7(9(11,12)13)5-6(8)3-4-14;/h1-2,5H,3-4,14H2;1H. The number of nitrogens with two attached hydrogens (primary N) is 1. The zero-order chi connectivity index (χ0) is 10.8. The van der Waals surface area contributed by atoms with E-state index in [4.69, 9.17) is 5.73 Å². The Morgan fingerprint density at radius 3 is 2.27 bits per heavy atom. The molecule has 0 amide bonds. The topological polar surface area (TPSA) is 26.0 Å². The van der Waals surface area contributed by atoms with Crippen molar-refractivity contribution in [2.24, 2.45) is 5.73 Å². The van der Waals surface area contributed by atoms with Gasteiger partial charge in [0, 0.05) is 0 Å². The number of benzene rings is 1. The zero-order valence-corrected chi connectivity index (χ0v) is 8.46. The van der Waals surface area contributed by atoms with Gasteiger partial charge in [-0.05, 0) is 36.7 Å². The van der Waals surface area contributed by atoms with E-state index in [2.05, 4.69) is 0 Å². The van der Waals surface area contributed by atoms with Gasteiger partial charge >= 0.3 is 6.18 Å². The van der Waals surface area contributed by atoms with Crippen LogP contribution in [0.3, 0.4) is 0 Å². The molecule has 0 aromatic heterocycles. The molecule has 0 unspecified atom stereocenters. The first-order valence-corrected chi connectivity index (χ1v) is 4.01. The van der Waals surface area contributed by atoms with Crippen LogP contribution in [0.2, 0.25) is 0 Å². The Morgan fingerprint density at radius 2 is 1.80 bits per heavy atom. The average molecular weight is 244 g/mol. The van der Waals surface area contributed by atoms with Gasteiger partial charge in [0.25, 0.3) is 0 Å². The van der Waals surface area contributed by atoms with E-state index in [1.807, 2.05) is 0 Å². The molecule has 0 aliphatic carbocycles. The minimum atomic E-state index is -4.43. The van der Waals surface area contributed by atoms with Crippen LogP contribution >= 0.6 is 12.4 Å². The van der Waals surface area contributed by atoms with Crippen molar-refractivity contribution < 1.29 is 17.6 Å². The van der Waals surface area contributed by atoms with Crippen molar-refractivity contribution in [3.63, 3.8) is 0 Å². The maximum Gasteiger partial charge on any atom is 0.416 e. The van der Waals surface area contributed by atoms with Gasteiger partial charge in [-0.3, -0.25) is 0 Å². The fraction of sp³-hybridized carbons (Fsp3) is 0.333. The molecule has 0 radical (unpaired) electrons. The van der Waals surface area contributed by atoms with E-state index in [1.54, 1.807) is 0 Å². The molecular formula is C9H10ClF4N. The van der Waals surface area contributed by atoms with Crippen LogP contribution in [0.15, 0.2) is 18.2 Å². The van der Waals surface area contributed by atoms with Crippen molar-refractivity contribution in [1.29, 1.82) is 0 Å². The summed E-state index contributed by atoms with van der Waals surface area (Å²) in [7, 11) is 0. The first-order valence-electron chi connectivity index (χ1n) is 4.01. The Morgan fingerprint density at radius 1 is 1.20 bits per heavy atom. The van der Waals surface area contributed by atoms with Gasteiger partial charge in [-0.15, -0.1) is 12.4 Å². The zero-order valence-electron chi connectivity index (χ0n) is 7.64. The molecule has 86 valence electrons. The second kappa shape index (κ2) is 5.32. The van der Waals surface area contributed by atoms with E-state index in [0.717, 1.165) is 18.2 Å². The fourth-order valence-electron chi connectivity index (χ4n) is 1.10. The summed E-state index contributed by atoms with van der Waals surface area (Å²) < 4.78 is 49.5. The van der Waals surface area contributed by atoms with Gasteiger partial charge < -0.3 is 5.73 Å². The van der Waals surface area contributed by atoms with Crippen LogP contribution in [0.25, 0.3) is 0 Å². The maximum atomic E-state index is 12.9. The molecule has 1 aromatic rings. The molecule has 0 fully saturated rings. The number of halogens is 5. The van der Waals surface area contributed by atoms with Crippen LogP contribution in [0, 0.1) is 5.82 Å². The highest BCUT2D eigenvalue weighted by Gasteiger charge is 2.30. The molecule has 0 aliphatic rings. The summed E-state index contributed by atoms with van der Waals surface area (Å²) in [4.78, 5) is 0. The van der Waals surface area contributed by atoms with Crippen molar-refractivity contribution in [3.8, 4) is 0 Å². The predicted molar refractivity (Wildman–Crippen MR) is 51.4 cm³/mol. The van der Waals surface area contributed by atoms with Crippen LogP contribution in [-0.2, 0) is 12.6 Å². The highest BCUT2D eigenvalue weighted by atomic mass is 35.5. The molecule has 6 heteroatoms. The van der Waals surface area contributed by atoms with Crippen LogP contribution < -0.4 is 5.73 Å². The van der Waals surface area contributed by atoms with Crippen molar-refractivity contribution in [3.05, 3.63) is 35.1 Å². The molecule has 1 rings (SSSR count). The van der Waals surface area contributed by atoms with Gasteiger partial charge in [-0.25, -0.2) is 4.39 Å². The first-order chi connectivity index (χ1) is 6.45. The number of alkyl halides is 3. The van der Waals surface area contributed by atoms with Gasteiger partial charge in [0.2, 0.25) is 0 Å². The SMILES string of the molecule is Cl.NCCc1cc(C(F)(F)F)ccc1F. The van der Waals surface area contributed by atoms with Crippen molar-refractivity contribution in [2.75, 3.05) is 6.54 Å². The van der Waals surface area contributed by atoms with Gasteiger partial charge in [-0.1, -0.05) is 0 Å². The Bertz CT molecular complexity index is 324. The molecule has 0 saturated carbocycles. The van der Waals surface area contributed by atoms with E-state index in [9.17, 15) is 17.6 Å². The summed E-state index contributed by atoms with van der Waals surface area (Å²) in [5.41, 5.74) is 4.30. The van der Waals surface area contributed by atoms with Gasteiger partial charge in [0.1, 0.15) is 5.82 Å². The molecule has 15 heavy (non-hydrogen) atoms. The van der Waals surface area contributed by atoms with Crippen molar-refractivity contribution >= 4 is 12.4 Å². The second-order valence-corrected chi connectivity index (χ2v) is 2.84. The molecule has 2 N–H and O–H groups in total. The van der Waals surface area contributed by atoms with Crippen LogP contribution in [-0.4, -0.2) is 6.54 Å². The summed E-state index contributed by atoms with van der Waals surface area (Å²) in [6.45, 7) is 0.123. The lowest BCUT2D eigenvalue weighted by Gasteiger charge is -2.08. The third-order valence-corrected chi connectivity index (χ3v) is 1.79. The molecule has 1 aromatic carbocycles. The Labute approximate surface area is 90.7 Å². The second-order valence-electron chi connectivity index (χ2n) is 2.84. The van der Waals surface area contributed by atoms with E-state index >= 15 is 0 Å². The Balaban J connectivity index is 0.00000196. The molecular weight excluding hydrogens is 234 g/mol. The molecule has 0 bridgehead atoms. The summed E-state index contributed by atoms with van der Waals surface area (Å²) in [5.74, 6) is -0.650. The van der Waals surface area contributed by atoms with E-state index < -0.39 is 17.6 Å². The number of hydrogen-bond acceptors (Lipinski definition) is 1. The van der Waals surface area contributed by atoms with Crippen LogP contribution in [0.1, 0.15) is 11.1 Å². The molecule has 0 spiro atoms. The summed E-state index contributed by atoms with van der Waals surface area (Å²) in [6.07, 6.45) is -4.33. The first kappa shape index (κ1) is 14.2. The smallest absolute Gasteiger partial charge is 0.330 e. The highest BCUT2D eigenvalue weighted by Crippen LogP contribution is 2.30. The van der Waals surface area contributed by atoms with E-state index in [-0.39, 0.29) is 30.9 Å². The van der Waals surface area contributed by atoms with E-state index in [0.29, 0.717) is 0 Å². The number of rotatable bonds is 2. The summed E-state index contributed by atoms with van der Waals surface area (Å²) >= 11 is 0. The van der Waals surface area contributed by atoms with Crippen molar-refractivity contribution in [2.45, 2.75) is 12.6 Å². The number of hydrogen-bond donors (Lipinski definition) is 1. The quantitative estimate of drug-likeness (QED) is 0.795. The fourth-order valence-corrected chi connectivity index (χ4v) is 1.10. The lowest BCUT2D eigenvalue weighted by Crippen LogP contribution is -2.09. The highest BCUT2D eigenvalue weighted by molar-refractivity contribution is 5.85. The molecule has 0 saturated heterocycles. The van der Waals surface area contributed by atoms with Crippen LogP contribution in [0.4, 0.5) is 17.6 Å². The normalized spacial score (nSPS) is 11.0. The van der Waals surface area contributed by atoms with Crippen molar-refractivity contribution in [1.82, 2.24) is 0 Å². The monoisotopic (exact) mass is 243 g/mol. The van der Waals surface area contributed by atoms with Crippen LogP contribution in [0.5, 0.6) is 0 Å². The largest absolute Gasteiger partial charge is 0.416 e. The Hall–Kier alpha value is -0.810. The van der Waals surface area contributed by atoms with E-state index in [1.165, 1.54) is 0 Å². The lowest BCUT2D eigenvalue weighted by molar-refractivity contribution is -0.137. The third-order valence-electron chi connectivity index (χ3n) is 1.79. The van der Waals surface area contributed by atoms with Gasteiger partial charge in [0.15, 0.2) is 0 Å². The molecule has 0 atom stereocenters. The molecule has 1 nitrogen and oxygen atoms in total. The minimum Gasteiger partial charge on any atom is -0.330 e. The Kier molecular flexibility index (Phi) is 5.03. The average Bonchev–Trinajstić information content (AvgIpc) is 2.07. The maximum absolute atomic E-state index is 12.9. The van der Waals surface area contributed by atoms with Gasteiger partial charge in [-0.2, -0.15) is 13.2 Å². The predicted octanol–water partition coefficient (Wildman–Crippen LogP) is 2.77. The molecule has 0 aliphatic heterocycles. The summed E-state index contributed by atoms with van der Waals surface area (Å²) in [6, 6.07) is 2.32. The van der Waals surface area contributed by atoms with Gasteiger partial charge in [0.05, 0.1) is 5.56 Å².